The lowest BCUT2D eigenvalue weighted by Gasteiger charge is -2.28. The molecule has 166 valence electrons. The minimum Gasteiger partial charge on any atom is -0.478 e. The molecule has 3 N–H and O–H groups in total. The van der Waals surface area contributed by atoms with Gasteiger partial charge in [0, 0.05) is 37.6 Å². The van der Waals surface area contributed by atoms with Crippen molar-refractivity contribution >= 4 is 23.4 Å². The van der Waals surface area contributed by atoms with Crippen molar-refractivity contribution < 1.29 is 14.7 Å². The third kappa shape index (κ3) is 5.24. The van der Waals surface area contributed by atoms with Gasteiger partial charge in [0.05, 0.1) is 11.8 Å². The molecule has 0 aliphatic carbocycles. The summed E-state index contributed by atoms with van der Waals surface area (Å²) in [6.45, 7) is 0. The zero-order valence-corrected chi connectivity index (χ0v) is 18.0. The van der Waals surface area contributed by atoms with Crippen molar-refractivity contribution in [3.8, 4) is 11.1 Å². The van der Waals surface area contributed by atoms with E-state index in [0.29, 0.717) is 23.5 Å². The minimum absolute atomic E-state index is 0.0844. The number of anilines is 2. The standard InChI is InChI=1S/C25H23N5O3/c1-30(23-9-12-27-29-23)22(13-17-5-3-2-4-6-17)24(31)28-21-15-19(14-20(16-21)25(32)33)18-7-10-26-11-8-18/h2-12,14-16,22H,13H2,1H3,(H,27,29)(H,28,31)(H,32,33)/t22-/m0/s1. The summed E-state index contributed by atoms with van der Waals surface area (Å²) in [6, 6.07) is 19.3. The van der Waals surface area contributed by atoms with Gasteiger partial charge in [-0.15, -0.1) is 0 Å². The lowest BCUT2D eigenvalue weighted by molar-refractivity contribution is -0.117. The molecule has 1 atom stereocenters. The van der Waals surface area contributed by atoms with Crippen LogP contribution in [0.3, 0.4) is 0 Å². The highest BCUT2D eigenvalue weighted by molar-refractivity contribution is 5.99. The third-order valence-corrected chi connectivity index (χ3v) is 5.37. The Bertz CT molecular complexity index is 1230. The molecule has 8 nitrogen and oxygen atoms in total. The molecule has 33 heavy (non-hydrogen) atoms. The molecule has 0 aliphatic heterocycles. The fourth-order valence-electron chi connectivity index (χ4n) is 3.62. The van der Waals surface area contributed by atoms with Crippen LogP contribution in [0.5, 0.6) is 0 Å². The molecule has 0 fully saturated rings. The fourth-order valence-corrected chi connectivity index (χ4v) is 3.62. The summed E-state index contributed by atoms with van der Waals surface area (Å²) >= 11 is 0. The van der Waals surface area contributed by atoms with Crippen molar-refractivity contribution in [1.29, 1.82) is 0 Å². The molecular formula is C25H23N5O3. The Balaban J connectivity index is 1.65. The van der Waals surface area contributed by atoms with Crippen molar-refractivity contribution in [3.63, 3.8) is 0 Å². The van der Waals surface area contributed by atoms with Crippen LogP contribution in [0.25, 0.3) is 11.1 Å². The molecule has 0 unspecified atom stereocenters. The summed E-state index contributed by atoms with van der Waals surface area (Å²) in [5.41, 5.74) is 2.97. The van der Waals surface area contributed by atoms with E-state index in [1.165, 1.54) is 6.07 Å². The number of carboxylic acids is 1. The summed E-state index contributed by atoms with van der Waals surface area (Å²) in [7, 11) is 1.82. The van der Waals surface area contributed by atoms with E-state index in [0.717, 1.165) is 11.1 Å². The summed E-state index contributed by atoms with van der Waals surface area (Å²) in [5.74, 6) is -0.640. The molecule has 0 radical (unpaired) electrons. The summed E-state index contributed by atoms with van der Waals surface area (Å²) in [4.78, 5) is 31.0. The van der Waals surface area contributed by atoms with Crippen LogP contribution in [-0.2, 0) is 11.2 Å². The number of carbonyl (C=O) groups excluding carboxylic acids is 1. The maximum atomic E-state index is 13.4. The molecule has 0 bridgehead atoms. The predicted molar refractivity (Wildman–Crippen MR) is 126 cm³/mol. The maximum absolute atomic E-state index is 13.4. The van der Waals surface area contributed by atoms with Crippen LogP contribution in [0.15, 0.2) is 85.3 Å². The Morgan fingerprint density at radius 3 is 2.42 bits per heavy atom. The van der Waals surface area contributed by atoms with Crippen LogP contribution < -0.4 is 10.2 Å². The number of aromatic nitrogens is 3. The van der Waals surface area contributed by atoms with Crippen molar-refractivity contribution in [2.24, 2.45) is 0 Å². The number of hydrogen-bond acceptors (Lipinski definition) is 5. The van der Waals surface area contributed by atoms with Crippen molar-refractivity contribution in [2.75, 3.05) is 17.3 Å². The highest BCUT2D eigenvalue weighted by atomic mass is 16.4. The third-order valence-electron chi connectivity index (χ3n) is 5.37. The Morgan fingerprint density at radius 2 is 1.76 bits per heavy atom. The van der Waals surface area contributed by atoms with Crippen molar-refractivity contribution in [3.05, 3.63) is 96.4 Å². The Labute approximate surface area is 190 Å². The predicted octanol–water partition coefficient (Wildman–Crippen LogP) is 3.86. The summed E-state index contributed by atoms with van der Waals surface area (Å²) in [6.07, 6.45) is 5.35. The van der Waals surface area contributed by atoms with Gasteiger partial charge in [-0.05, 0) is 47.0 Å². The quantitative estimate of drug-likeness (QED) is 0.383. The molecule has 2 aromatic heterocycles. The number of likely N-dealkylation sites (N-methyl/N-ethyl adjacent to an activating group) is 1. The molecule has 2 aromatic carbocycles. The van der Waals surface area contributed by atoms with Crippen LogP contribution in [0.4, 0.5) is 11.5 Å². The number of aromatic carboxylic acids is 1. The van der Waals surface area contributed by atoms with E-state index in [1.54, 1.807) is 48.9 Å². The molecule has 8 heteroatoms. The number of benzene rings is 2. The van der Waals surface area contributed by atoms with Gasteiger partial charge in [0.15, 0.2) is 0 Å². The van der Waals surface area contributed by atoms with E-state index >= 15 is 0 Å². The van der Waals surface area contributed by atoms with Crippen LogP contribution in [0, 0.1) is 0 Å². The van der Waals surface area contributed by atoms with Crippen molar-refractivity contribution in [1.82, 2.24) is 15.2 Å². The normalized spacial score (nSPS) is 11.5. The van der Waals surface area contributed by atoms with E-state index in [1.807, 2.05) is 42.3 Å². The smallest absolute Gasteiger partial charge is 0.335 e. The maximum Gasteiger partial charge on any atom is 0.335 e. The highest BCUT2D eigenvalue weighted by Gasteiger charge is 2.25. The van der Waals surface area contributed by atoms with Gasteiger partial charge < -0.3 is 15.3 Å². The van der Waals surface area contributed by atoms with Gasteiger partial charge >= 0.3 is 5.97 Å². The number of hydrogen-bond donors (Lipinski definition) is 3. The van der Waals surface area contributed by atoms with Gasteiger partial charge in [0.25, 0.3) is 0 Å². The van der Waals surface area contributed by atoms with Crippen LogP contribution >= 0.6 is 0 Å². The monoisotopic (exact) mass is 441 g/mol. The number of carbonyl (C=O) groups is 2. The molecular weight excluding hydrogens is 418 g/mol. The molecule has 0 saturated carbocycles. The molecule has 0 spiro atoms. The zero-order valence-electron chi connectivity index (χ0n) is 18.0. The van der Waals surface area contributed by atoms with Gasteiger partial charge in [0.2, 0.25) is 5.91 Å². The average Bonchev–Trinajstić information content (AvgIpc) is 3.38. The van der Waals surface area contributed by atoms with Crippen molar-refractivity contribution in [2.45, 2.75) is 12.5 Å². The minimum atomic E-state index is -1.07. The second-order valence-corrected chi connectivity index (χ2v) is 7.59. The second kappa shape index (κ2) is 9.78. The molecule has 4 rings (SSSR count). The second-order valence-electron chi connectivity index (χ2n) is 7.59. The molecule has 0 aliphatic rings. The highest BCUT2D eigenvalue weighted by Crippen LogP contribution is 2.25. The lowest BCUT2D eigenvalue weighted by atomic mass is 10.0. The zero-order chi connectivity index (χ0) is 23.2. The number of carboxylic acid groups (broad SMARTS) is 1. The van der Waals surface area contributed by atoms with Gasteiger partial charge in [-0.2, -0.15) is 5.10 Å². The van der Waals surface area contributed by atoms with Gasteiger partial charge in [0.1, 0.15) is 11.9 Å². The van der Waals surface area contributed by atoms with Crippen LogP contribution in [0.2, 0.25) is 0 Å². The Hall–Kier alpha value is -4.46. The van der Waals surface area contributed by atoms with Gasteiger partial charge in [-0.25, -0.2) is 4.79 Å². The van der Waals surface area contributed by atoms with E-state index in [-0.39, 0.29) is 11.5 Å². The summed E-state index contributed by atoms with van der Waals surface area (Å²) < 4.78 is 0. The molecule has 4 aromatic rings. The number of pyridine rings is 1. The fraction of sp³-hybridized carbons (Fsp3) is 0.120. The first-order valence-corrected chi connectivity index (χ1v) is 10.4. The molecule has 2 heterocycles. The number of aromatic amines is 1. The number of rotatable bonds is 8. The number of nitrogens with one attached hydrogen (secondary N) is 2. The Kier molecular flexibility index (Phi) is 6.45. The van der Waals surface area contributed by atoms with E-state index in [9.17, 15) is 14.7 Å². The average molecular weight is 441 g/mol. The van der Waals surface area contributed by atoms with Gasteiger partial charge in [-0.3, -0.25) is 14.9 Å². The van der Waals surface area contributed by atoms with Crippen LogP contribution in [0.1, 0.15) is 15.9 Å². The Morgan fingerprint density at radius 1 is 1.00 bits per heavy atom. The van der Waals surface area contributed by atoms with E-state index < -0.39 is 12.0 Å². The SMILES string of the molecule is CN(c1ccn[nH]1)[C@@H](Cc1ccccc1)C(=O)Nc1cc(C(=O)O)cc(-c2ccncc2)c1. The number of amides is 1. The van der Waals surface area contributed by atoms with E-state index in [2.05, 4.69) is 20.5 Å². The molecule has 0 saturated heterocycles. The topological polar surface area (TPSA) is 111 Å². The van der Waals surface area contributed by atoms with Crippen LogP contribution in [-0.4, -0.2) is 45.3 Å². The van der Waals surface area contributed by atoms with Gasteiger partial charge in [-0.1, -0.05) is 30.3 Å². The number of H-pyrrole nitrogens is 1. The largest absolute Gasteiger partial charge is 0.478 e. The summed E-state index contributed by atoms with van der Waals surface area (Å²) in [5, 5.41) is 19.4. The first-order valence-electron chi connectivity index (χ1n) is 10.4. The first kappa shape index (κ1) is 21.8. The number of nitrogens with zero attached hydrogens (tertiary/aromatic N) is 3. The first-order chi connectivity index (χ1) is 16.0. The molecule has 1 amide bonds. The lowest BCUT2D eigenvalue weighted by Crippen LogP contribution is -2.44. The van der Waals surface area contributed by atoms with E-state index in [4.69, 9.17) is 0 Å².